The van der Waals surface area contributed by atoms with E-state index in [4.69, 9.17) is 4.74 Å². The van der Waals surface area contributed by atoms with Gasteiger partial charge in [0, 0.05) is 39.1 Å². The van der Waals surface area contributed by atoms with Crippen molar-refractivity contribution in [3.05, 3.63) is 0 Å². The molecular formula is C14H24N2O4. The third-order valence-corrected chi connectivity index (χ3v) is 4.37. The van der Waals surface area contributed by atoms with Crippen molar-refractivity contribution in [2.75, 3.05) is 26.3 Å². The smallest absolute Gasteiger partial charge is 0.329 e. The van der Waals surface area contributed by atoms with Crippen molar-refractivity contribution in [3.63, 3.8) is 0 Å². The Morgan fingerprint density at radius 1 is 1.40 bits per heavy atom. The summed E-state index contributed by atoms with van der Waals surface area (Å²) in [4.78, 5) is 25.5. The fourth-order valence-electron chi connectivity index (χ4n) is 3.06. The molecule has 0 radical (unpaired) electrons. The zero-order valence-corrected chi connectivity index (χ0v) is 12.1. The number of nitrogens with zero attached hydrogens (tertiary/aromatic N) is 1. The van der Waals surface area contributed by atoms with Crippen LogP contribution in [0.1, 0.15) is 39.0 Å². The highest BCUT2D eigenvalue weighted by molar-refractivity contribution is 5.86. The summed E-state index contributed by atoms with van der Waals surface area (Å²) in [5.41, 5.74) is -1.15. The number of nitrogens with one attached hydrogen (secondary N) is 1. The number of carboxylic acid groups (broad SMARTS) is 1. The van der Waals surface area contributed by atoms with E-state index >= 15 is 0 Å². The molecule has 2 aliphatic heterocycles. The summed E-state index contributed by atoms with van der Waals surface area (Å²) < 4.78 is 5.20. The van der Waals surface area contributed by atoms with Crippen LogP contribution in [0.25, 0.3) is 0 Å². The van der Waals surface area contributed by atoms with Gasteiger partial charge in [-0.3, -0.25) is 0 Å². The molecule has 0 spiro atoms. The maximum Gasteiger partial charge on any atom is 0.329 e. The second-order valence-corrected chi connectivity index (χ2v) is 5.82. The molecule has 2 amide bonds. The SMILES string of the molecule is CCCC1CCN(C(=O)NC2(C(=O)O)CCOCC2)C1. The van der Waals surface area contributed by atoms with Crippen LogP contribution in [0.15, 0.2) is 0 Å². The molecule has 6 nitrogen and oxygen atoms in total. The van der Waals surface area contributed by atoms with Crippen LogP contribution in [0, 0.1) is 5.92 Å². The first-order valence-electron chi connectivity index (χ1n) is 7.45. The quantitative estimate of drug-likeness (QED) is 0.819. The number of urea groups is 1. The number of hydrogen-bond donors (Lipinski definition) is 2. The number of amides is 2. The minimum absolute atomic E-state index is 0.243. The molecule has 0 bridgehead atoms. The molecule has 1 unspecified atom stereocenters. The lowest BCUT2D eigenvalue weighted by atomic mass is 9.90. The molecule has 2 rings (SSSR count). The second-order valence-electron chi connectivity index (χ2n) is 5.82. The molecule has 114 valence electrons. The largest absolute Gasteiger partial charge is 0.480 e. The number of ether oxygens (including phenoxy) is 1. The molecule has 2 fully saturated rings. The third-order valence-electron chi connectivity index (χ3n) is 4.37. The highest BCUT2D eigenvalue weighted by atomic mass is 16.5. The molecule has 2 saturated heterocycles. The number of carboxylic acids is 1. The minimum Gasteiger partial charge on any atom is -0.480 e. The van der Waals surface area contributed by atoms with Crippen LogP contribution in [0.4, 0.5) is 4.79 Å². The molecule has 0 aromatic carbocycles. The van der Waals surface area contributed by atoms with Gasteiger partial charge in [-0.05, 0) is 18.8 Å². The van der Waals surface area contributed by atoms with Crippen molar-refractivity contribution in [1.82, 2.24) is 10.2 Å². The topological polar surface area (TPSA) is 78.9 Å². The van der Waals surface area contributed by atoms with Crippen molar-refractivity contribution >= 4 is 12.0 Å². The van der Waals surface area contributed by atoms with Gasteiger partial charge in [0.2, 0.25) is 0 Å². The molecule has 0 aliphatic carbocycles. The second kappa shape index (κ2) is 6.43. The average Bonchev–Trinajstić information content (AvgIpc) is 2.89. The first kappa shape index (κ1) is 15.1. The van der Waals surface area contributed by atoms with Gasteiger partial charge < -0.3 is 20.1 Å². The van der Waals surface area contributed by atoms with E-state index in [1.54, 1.807) is 4.90 Å². The van der Waals surface area contributed by atoms with E-state index in [0.29, 0.717) is 32.0 Å². The number of hydrogen-bond acceptors (Lipinski definition) is 3. The van der Waals surface area contributed by atoms with Crippen LogP contribution >= 0.6 is 0 Å². The van der Waals surface area contributed by atoms with Gasteiger partial charge in [0.1, 0.15) is 5.54 Å². The van der Waals surface area contributed by atoms with Crippen molar-refractivity contribution in [2.45, 2.75) is 44.6 Å². The van der Waals surface area contributed by atoms with E-state index in [-0.39, 0.29) is 6.03 Å². The molecule has 0 aromatic rings. The van der Waals surface area contributed by atoms with E-state index in [0.717, 1.165) is 32.4 Å². The molecule has 2 aliphatic rings. The Morgan fingerprint density at radius 3 is 2.70 bits per heavy atom. The summed E-state index contributed by atoms with van der Waals surface area (Å²) >= 11 is 0. The number of carbonyl (C=O) groups is 2. The summed E-state index contributed by atoms with van der Waals surface area (Å²) in [6.07, 6.45) is 3.93. The Morgan fingerprint density at radius 2 is 2.10 bits per heavy atom. The van der Waals surface area contributed by atoms with Crippen LogP contribution in [0.3, 0.4) is 0 Å². The standard InChI is InChI=1S/C14H24N2O4/c1-2-3-11-4-7-16(10-11)13(19)15-14(12(17)18)5-8-20-9-6-14/h11H,2-10H2,1H3,(H,15,19)(H,17,18). The van der Waals surface area contributed by atoms with Crippen LogP contribution < -0.4 is 5.32 Å². The van der Waals surface area contributed by atoms with Gasteiger partial charge >= 0.3 is 12.0 Å². The average molecular weight is 284 g/mol. The Hall–Kier alpha value is -1.30. The van der Waals surface area contributed by atoms with Gasteiger partial charge in [-0.15, -0.1) is 0 Å². The van der Waals surface area contributed by atoms with Crippen molar-refractivity contribution in [3.8, 4) is 0 Å². The fourth-order valence-corrected chi connectivity index (χ4v) is 3.06. The van der Waals surface area contributed by atoms with E-state index in [1.807, 2.05) is 0 Å². The van der Waals surface area contributed by atoms with Crippen LogP contribution in [-0.2, 0) is 9.53 Å². The maximum absolute atomic E-state index is 12.3. The van der Waals surface area contributed by atoms with E-state index in [9.17, 15) is 14.7 Å². The summed E-state index contributed by atoms with van der Waals surface area (Å²) in [5.74, 6) is -0.403. The Balaban J connectivity index is 1.94. The number of carbonyl (C=O) groups excluding carboxylic acids is 1. The monoisotopic (exact) mass is 284 g/mol. The molecule has 2 heterocycles. The first-order chi connectivity index (χ1) is 9.57. The highest BCUT2D eigenvalue weighted by Crippen LogP contribution is 2.24. The Labute approximate surface area is 119 Å². The number of rotatable bonds is 4. The highest BCUT2D eigenvalue weighted by Gasteiger charge is 2.43. The lowest BCUT2D eigenvalue weighted by Gasteiger charge is -2.35. The predicted octanol–water partition coefficient (Wildman–Crippen LogP) is 1.45. The zero-order valence-electron chi connectivity index (χ0n) is 12.1. The van der Waals surface area contributed by atoms with Crippen LogP contribution in [0.2, 0.25) is 0 Å². The number of likely N-dealkylation sites (tertiary alicyclic amines) is 1. The molecule has 6 heteroatoms. The summed E-state index contributed by atoms with van der Waals surface area (Å²) in [5, 5.41) is 12.2. The van der Waals surface area contributed by atoms with Gasteiger partial charge in [-0.1, -0.05) is 13.3 Å². The van der Waals surface area contributed by atoms with Crippen LogP contribution in [0.5, 0.6) is 0 Å². The van der Waals surface area contributed by atoms with Crippen molar-refractivity contribution in [1.29, 1.82) is 0 Å². The van der Waals surface area contributed by atoms with Gasteiger partial charge in [0.15, 0.2) is 0 Å². The lowest BCUT2D eigenvalue weighted by Crippen LogP contribution is -2.60. The van der Waals surface area contributed by atoms with E-state index in [2.05, 4.69) is 12.2 Å². The Bertz CT molecular complexity index is 366. The van der Waals surface area contributed by atoms with Crippen molar-refractivity contribution in [2.24, 2.45) is 5.92 Å². The molecule has 1 atom stereocenters. The summed E-state index contributed by atoms with van der Waals surface area (Å²) in [6.45, 7) is 4.37. The molecular weight excluding hydrogens is 260 g/mol. The van der Waals surface area contributed by atoms with Crippen LogP contribution in [-0.4, -0.2) is 53.8 Å². The van der Waals surface area contributed by atoms with Gasteiger partial charge in [-0.2, -0.15) is 0 Å². The zero-order chi connectivity index (χ0) is 14.6. The summed E-state index contributed by atoms with van der Waals surface area (Å²) in [6, 6.07) is -0.243. The summed E-state index contributed by atoms with van der Waals surface area (Å²) in [7, 11) is 0. The first-order valence-corrected chi connectivity index (χ1v) is 7.45. The van der Waals surface area contributed by atoms with E-state index < -0.39 is 11.5 Å². The Kier molecular flexibility index (Phi) is 4.86. The molecule has 20 heavy (non-hydrogen) atoms. The number of aliphatic carboxylic acids is 1. The lowest BCUT2D eigenvalue weighted by molar-refractivity contribution is -0.148. The molecule has 0 saturated carbocycles. The molecule has 0 aromatic heterocycles. The van der Waals surface area contributed by atoms with E-state index in [1.165, 1.54) is 0 Å². The molecule has 2 N–H and O–H groups in total. The minimum atomic E-state index is -1.15. The normalized spacial score (nSPS) is 25.4. The van der Waals surface area contributed by atoms with Gasteiger partial charge in [0.25, 0.3) is 0 Å². The fraction of sp³-hybridized carbons (Fsp3) is 0.857. The predicted molar refractivity (Wildman–Crippen MR) is 73.5 cm³/mol. The van der Waals surface area contributed by atoms with Gasteiger partial charge in [0.05, 0.1) is 0 Å². The maximum atomic E-state index is 12.3. The third kappa shape index (κ3) is 3.23. The van der Waals surface area contributed by atoms with Gasteiger partial charge in [-0.25, -0.2) is 9.59 Å². The van der Waals surface area contributed by atoms with Crippen molar-refractivity contribution < 1.29 is 19.4 Å².